The summed E-state index contributed by atoms with van der Waals surface area (Å²) in [5, 5.41) is 9.42. The zero-order valence-electron chi connectivity index (χ0n) is 6.42. The molecule has 0 spiro atoms. The summed E-state index contributed by atoms with van der Waals surface area (Å²) >= 11 is 1.83. The van der Waals surface area contributed by atoms with Crippen LogP contribution in [-0.2, 0) is 0 Å². The summed E-state index contributed by atoms with van der Waals surface area (Å²) in [5.74, 6) is 1.16. The first-order valence-electron chi connectivity index (χ1n) is 3.48. The van der Waals surface area contributed by atoms with Crippen molar-refractivity contribution in [1.29, 1.82) is 0 Å². The van der Waals surface area contributed by atoms with Crippen molar-refractivity contribution in [3.8, 4) is 0 Å². The van der Waals surface area contributed by atoms with Crippen LogP contribution in [0.25, 0.3) is 0 Å². The number of rotatable bonds is 4. The molecule has 0 amide bonds. The van der Waals surface area contributed by atoms with Crippen LogP contribution in [0.15, 0.2) is 0 Å². The Balaban J connectivity index is 3.16. The molecule has 1 N–H and O–H groups in total. The van der Waals surface area contributed by atoms with Gasteiger partial charge in [0.25, 0.3) is 0 Å². The van der Waals surface area contributed by atoms with Gasteiger partial charge in [0, 0.05) is 5.25 Å². The van der Waals surface area contributed by atoms with Crippen molar-refractivity contribution < 1.29 is 5.11 Å². The van der Waals surface area contributed by atoms with Gasteiger partial charge in [-0.2, -0.15) is 11.8 Å². The molecule has 0 bridgehead atoms. The molecular formula is C7H16OS. The van der Waals surface area contributed by atoms with Gasteiger partial charge >= 0.3 is 0 Å². The predicted octanol–water partition coefficient (Wildman–Crippen LogP) is 1.90. The molecule has 0 aromatic carbocycles. The van der Waals surface area contributed by atoms with E-state index < -0.39 is 0 Å². The monoisotopic (exact) mass is 148 g/mol. The van der Waals surface area contributed by atoms with Gasteiger partial charge in [-0.3, -0.25) is 0 Å². The summed E-state index contributed by atoms with van der Waals surface area (Å²) in [4.78, 5) is 0. The van der Waals surface area contributed by atoms with Crippen molar-refractivity contribution in [1.82, 2.24) is 0 Å². The van der Waals surface area contributed by atoms with Crippen molar-refractivity contribution >= 4 is 11.8 Å². The third kappa shape index (κ3) is 4.79. The Morgan fingerprint density at radius 3 is 2.33 bits per heavy atom. The van der Waals surface area contributed by atoms with Crippen molar-refractivity contribution in [2.75, 3.05) is 5.75 Å². The van der Waals surface area contributed by atoms with Gasteiger partial charge in [-0.05, 0) is 19.1 Å². The largest absolute Gasteiger partial charge is 0.392 e. The van der Waals surface area contributed by atoms with Gasteiger partial charge in [-0.25, -0.2) is 0 Å². The highest BCUT2D eigenvalue weighted by atomic mass is 32.2. The maximum absolute atomic E-state index is 9.03. The molecule has 0 radical (unpaired) electrons. The zero-order valence-corrected chi connectivity index (χ0v) is 7.24. The van der Waals surface area contributed by atoms with Gasteiger partial charge in [0.1, 0.15) is 0 Å². The van der Waals surface area contributed by atoms with Crippen molar-refractivity contribution in [3.63, 3.8) is 0 Å². The molecule has 0 aromatic rings. The maximum Gasteiger partial charge on any atom is 0.0627 e. The maximum atomic E-state index is 9.03. The normalized spacial score (nSPS) is 17.3. The Labute approximate surface area is 61.8 Å². The van der Waals surface area contributed by atoms with E-state index in [9.17, 15) is 0 Å². The predicted molar refractivity (Wildman–Crippen MR) is 43.9 cm³/mol. The fraction of sp³-hybridized carbons (Fsp3) is 1.00. The molecule has 0 rings (SSSR count). The van der Waals surface area contributed by atoms with E-state index in [0.717, 1.165) is 5.75 Å². The molecule has 2 unspecified atom stereocenters. The Hall–Kier alpha value is 0.310. The number of aliphatic hydroxyl groups is 1. The third-order valence-electron chi connectivity index (χ3n) is 1.26. The van der Waals surface area contributed by atoms with Crippen LogP contribution < -0.4 is 0 Å². The lowest BCUT2D eigenvalue weighted by Crippen LogP contribution is -2.15. The fourth-order valence-electron chi connectivity index (χ4n) is 0.443. The van der Waals surface area contributed by atoms with Gasteiger partial charge in [0.05, 0.1) is 6.10 Å². The van der Waals surface area contributed by atoms with Crippen molar-refractivity contribution in [2.45, 2.75) is 38.5 Å². The van der Waals surface area contributed by atoms with Crippen LogP contribution in [0.5, 0.6) is 0 Å². The average Bonchev–Trinajstić information content (AvgIpc) is 1.82. The highest BCUT2D eigenvalue weighted by Crippen LogP contribution is 2.14. The summed E-state index contributed by atoms with van der Waals surface area (Å²) < 4.78 is 0. The van der Waals surface area contributed by atoms with Gasteiger partial charge in [-0.1, -0.05) is 13.8 Å². The number of hydrogen-bond acceptors (Lipinski definition) is 2. The Morgan fingerprint density at radius 2 is 2.00 bits per heavy atom. The molecule has 0 aliphatic heterocycles. The Bertz CT molecular complexity index is 63.9. The van der Waals surface area contributed by atoms with E-state index in [0.29, 0.717) is 5.25 Å². The van der Waals surface area contributed by atoms with Crippen LogP contribution in [0.3, 0.4) is 0 Å². The first-order valence-corrected chi connectivity index (χ1v) is 4.53. The lowest BCUT2D eigenvalue weighted by Gasteiger charge is -2.12. The topological polar surface area (TPSA) is 20.2 Å². The van der Waals surface area contributed by atoms with E-state index >= 15 is 0 Å². The number of thioether (sulfide) groups is 1. The minimum Gasteiger partial charge on any atom is -0.392 e. The van der Waals surface area contributed by atoms with Crippen LogP contribution in [0.4, 0.5) is 0 Å². The summed E-state index contributed by atoms with van der Waals surface area (Å²) in [5.41, 5.74) is 0. The van der Waals surface area contributed by atoms with Crippen LogP contribution in [-0.4, -0.2) is 22.2 Å². The summed E-state index contributed by atoms with van der Waals surface area (Å²) in [7, 11) is 0. The summed E-state index contributed by atoms with van der Waals surface area (Å²) in [6, 6.07) is 0. The van der Waals surface area contributed by atoms with Crippen LogP contribution in [0, 0.1) is 0 Å². The Morgan fingerprint density at radius 1 is 1.44 bits per heavy atom. The van der Waals surface area contributed by atoms with E-state index in [1.165, 1.54) is 6.42 Å². The molecule has 0 aromatic heterocycles. The molecule has 56 valence electrons. The number of hydrogen-bond donors (Lipinski definition) is 1. The quantitative estimate of drug-likeness (QED) is 0.657. The molecule has 9 heavy (non-hydrogen) atoms. The molecular weight excluding hydrogens is 132 g/mol. The third-order valence-corrected chi connectivity index (χ3v) is 2.83. The van der Waals surface area contributed by atoms with Gasteiger partial charge in [0.2, 0.25) is 0 Å². The van der Waals surface area contributed by atoms with E-state index in [4.69, 9.17) is 5.11 Å². The molecule has 0 heterocycles. The van der Waals surface area contributed by atoms with Crippen molar-refractivity contribution in [3.05, 3.63) is 0 Å². The van der Waals surface area contributed by atoms with Gasteiger partial charge in [-0.15, -0.1) is 0 Å². The molecule has 0 fully saturated rings. The summed E-state index contributed by atoms with van der Waals surface area (Å²) in [6.07, 6.45) is 1.03. The highest BCUT2D eigenvalue weighted by molar-refractivity contribution is 7.99. The van der Waals surface area contributed by atoms with E-state index in [2.05, 4.69) is 13.8 Å². The van der Waals surface area contributed by atoms with E-state index in [-0.39, 0.29) is 6.10 Å². The van der Waals surface area contributed by atoms with E-state index in [1.807, 2.05) is 18.7 Å². The molecule has 0 saturated carbocycles. The van der Waals surface area contributed by atoms with Crippen LogP contribution in [0.1, 0.15) is 27.2 Å². The summed E-state index contributed by atoms with van der Waals surface area (Å²) in [6.45, 7) is 6.06. The zero-order chi connectivity index (χ0) is 7.28. The van der Waals surface area contributed by atoms with Crippen LogP contribution in [0.2, 0.25) is 0 Å². The lowest BCUT2D eigenvalue weighted by atomic mass is 10.3. The van der Waals surface area contributed by atoms with Crippen LogP contribution >= 0.6 is 11.8 Å². The first kappa shape index (κ1) is 9.31. The minimum absolute atomic E-state index is 0.165. The SMILES string of the molecule is CCCSC(C)C(C)O. The molecule has 2 heteroatoms. The second-order valence-electron chi connectivity index (χ2n) is 2.32. The van der Waals surface area contributed by atoms with Gasteiger partial charge < -0.3 is 5.11 Å². The second-order valence-corrected chi connectivity index (χ2v) is 3.80. The molecule has 1 nitrogen and oxygen atoms in total. The highest BCUT2D eigenvalue weighted by Gasteiger charge is 2.06. The average molecular weight is 148 g/mol. The standard InChI is InChI=1S/C7H16OS/c1-4-5-9-7(3)6(2)8/h6-8H,4-5H2,1-3H3. The lowest BCUT2D eigenvalue weighted by molar-refractivity contribution is 0.196. The molecule has 0 saturated heterocycles. The molecule has 0 aliphatic rings. The smallest absolute Gasteiger partial charge is 0.0627 e. The van der Waals surface area contributed by atoms with E-state index in [1.54, 1.807) is 0 Å². The molecule has 2 atom stereocenters. The minimum atomic E-state index is -0.165. The second kappa shape index (κ2) is 5.12. The fourth-order valence-corrected chi connectivity index (χ4v) is 1.33. The molecule has 0 aliphatic carbocycles. The number of aliphatic hydroxyl groups excluding tert-OH is 1. The van der Waals surface area contributed by atoms with Crippen molar-refractivity contribution in [2.24, 2.45) is 0 Å². The Kier molecular flexibility index (Phi) is 5.30. The first-order chi connectivity index (χ1) is 4.18. The van der Waals surface area contributed by atoms with Gasteiger partial charge in [0.15, 0.2) is 0 Å².